The fourth-order valence-electron chi connectivity index (χ4n) is 3.72. The van der Waals surface area contributed by atoms with E-state index in [1.165, 1.54) is 55.3 Å². The maximum atomic E-state index is 13.2. The van der Waals surface area contributed by atoms with Gasteiger partial charge in [-0.2, -0.15) is 4.31 Å². The van der Waals surface area contributed by atoms with Crippen LogP contribution in [0.3, 0.4) is 0 Å². The van der Waals surface area contributed by atoms with Gasteiger partial charge in [0.05, 0.1) is 4.90 Å². The Hall–Kier alpha value is -3.11. The highest BCUT2D eigenvalue weighted by Crippen LogP contribution is 2.26. The second-order valence-electron chi connectivity index (χ2n) is 8.19. The molecule has 0 aliphatic carbocycles. The third kappa shape index (κ3) is 6.06. The van der Waals surface area contributed by atoms with Crippen molar-refractivity contribution in [1.82, 2.24) is 9.21 Å². The van der Waals surface area contributed by atoms with Gasteiger partial charge in [0.2, 0.25) is 10.0 Å². The minimum absolute atomic E-state index is 0.0210. The van der Waals surface area contributed by atoms with Gasteiger partial charge in [-0.3, -0.25) is 14.4 Å². The molecule has 3 rings (SSSR count). The Morgan fingerprint density at radius 1 is 1.06 bits per heavy atom. The number of amides is 1. The van der Waals surface area contributed by atoms with Crippen LogP contribution in [-0.4, -0.2) is 61.5 Å². The number of hydrogen-bond donors (Lipinski definition) is 0. The largest absolute Gasteiger partial charge is 0.454 e. The molecule has 34 heavy (non-hydrogen) atoms. The second-order valence-corrected chi connectivity index (χ2v) is 10.1. The summed E-state index contributed by atoms with van der Waals surface area (Å²) in [6.07, 6.45) is 1.52. The van der Waals surface area contributed by atoms with Gasteiger partial charge in [-0.25, -0.2) is 12.8 Å². The number of nitrogens with zero attached hydrogens (tertiary/aromatic N) is 2. The Morgan fingerprint density at radius 3 is 2.32 bits per heavy atom. The lowest BCUT2D eigenvalue weighted by atomic mass is 10.1. The zero-order valence-corrected chi connectivity index (χ0v) is 19.9. The number of carbonyl (C=O) groups is 3. The van der Waals surface area contributed by atoms with Gasteiger partial charge in [0.1, 0.15) is 11.9 Å². The molecule has 0 saturated carbocycles. The number of rotatable bonds is 8. The molecule has 1 aliphatic heterocycles. The molecule has 2 aromatic carbocycles. The number of benzene rings is 2. The zero-order chi connectivity index (χ0) is 24.9. The van der Waals surface area contributed by atoms with Crippen molar-refractivity contribution < 1.29 is 31.9 Å². The van der Waals surface area contributed by atoms with E-state index in [9.17, 15) is 27.2 Å². The summed E-state index contributed by atoms with van der Waals surface area (Å²) in [6, 6.07) is 10.2. The average molecular weight is 491 g/mol. The molecule has 1 heterocycles. The molecular weight excluding hydrogens is 463 g/mol. The van der Waals surface area contributed by atoms with Crippen molar-refractivity contribution in [2.24, 2.45) is 0 Å². The number of piperidine rings is 1. The molecule has 0 aromatic heterocycles. The highest BCUT2D eigenvalue weighted by molar-refractivity contribution is 7.89. The van der Waals surface area contributed by atoms with Crippen LogP contribution in [0.25, 0.3) is 0 Å². The maximum Gasteiger partial charge on any atom is 0.324 e. The smallest absolute Gasteiger partial charge is 0.324 e. The van der Waals surface area contributed by atoms with Crippen LogP contribution in [0.5, 0.6) is 0 Å². The summed E-state index contributed by atoms with van der Waals surface area (Å²) < 4.78 is 45.7. The molecule has 10 heteroatoms. The van der Waals surface area contributed by atoms with E-state index in [-0.39, 0.29) is 36.0 Å². The first-order valence-corrected chi connectivity index (χ1v) is 12.3. The predicted octanol–water partition coefficient (Wildman–Crippen LogP) is 2.77. The summed E-state index contributed by atoms with van der Waals surface area (Å²) in [5.41, 5.74) is 1.10. The topological polar surface area (TPSA) is 101 Å². The van der Waals surface area contributed by atoms with Crippen molar-refractivity contribution in [2.75, 3.05) is 20.2 Å². The molecule has 0 spiro atoms. The second kappa shape index (κ2) is 10.9. The first-order chi connectivity index (χ1) is 16.1. The lowest BCUT2D eigenvalue weighted by molar-refractivity contribution is -0.155. The molecule has 1 amide bonds. The molecule has 2 aromatic rings. The lowest BCUT2D eigenvalue weighted by Crippen LogP contribution is -2.49. The summed E-state index contributed by atoms with van der Waals surface area (Å²) >= 11 is 0. The van der Waals surface area contributed by atoms with E-state index in [2.05, 4.69) is 0 Å². The van der Waals surface area contributed by atoms with Crippen LogP contribution < -0.4 is 0 Å². The van der Waals surface area contributed by atoms with E-state index < -0.39 is 34.5 Å². The average Bonchev–Trinajstić information content (AvgIpc) is 2.83. The Labute approximate surface area is 198 Å². The Balaban J connectivity index is 1.64. The molecule has 8 nitrogen and oxygen atoms in total. The van der Waals surface area contributed by atoms with Crippen LogP contribution in [0.2, 0.25) is 0 Å². The summed E-state index contributed by atoms with van der Waals surface area (Å²) in [5, 5.41) is 0. The van der Waals surface area contributed by atoms with Crippen molar-refractivity contribution in [1.29, 1.82) is 0 Å². The molecular formula is C24H27FN2O6S. The Kier molecular flexibility index (Phi) is 8.16. The normalized spacial score (nSPS) is 16.6. The standard InChI is InChI=1S/C24H27FN2O6S/c1-17(28)19-8-12-21(13-9-19)34(31,32)27-14-4-3-5-22(27)24(30)33-16-23(29)26(2)15-18-6-10-20(25)11-7-18/h6-13,22H,3-5,14-16H2,1-2H3. The fourth-order valence-corrected chi connectivity index (χ4v) is 5.36. The fraction of sp³-hybridized carbons (Fsp3) is 0.375. The van der Waals surface area contributed by atoms with Crippen molar-refractivity contribution in [3.63, 3.8) is 0 Å². The van der Waals surface area contributed by atoms with Crippen molar-refractivity contribution in [3.05, 3.63) is 65.5 Å². The van der Waals surface area contributed by atoms with Gasteiger partial charge in [-0.1, -0.05) is 24.3 Å². The van der Waals surface area contributed by atoms with Gasteiger partial charge in [0.25, 0.3) is 5.91 Å². The van der Waals surface area contributed by atoms with E-state index in [1.807, 2.05) is 0 Å². The number of esters is 1. The lowest BCUT2D eigenvalue weighted by Gasteiger charge is -2.33. The number of ether oxygens (including phenoxy) is 1. The minimum atomic E-state index is -4.00. The Bertz CT molecular complexity index is 1150. The van der Waals surface area contributed by atoms with E-state index in [4.69, 9.17) is 4.74 Å². The Morgan fingerprint density at radius 2 is 1.71 bits per heavy atom. The van der Waals surface area contributed by atoms with Crippen molar-refractivity contribution in [2.45, 2.75) is 43.7 Å². The molecule has 1 saturated heterocycles. The summed E-state index contributed by atoms with van der Waals surface area (Å²) in [6.45, 7) is 1.21. The number of ketones is 1. The summed E-state index contributed by atoms with van der Waals surface area (Å²) in [5.74, 6) is -1.82. The van der Waals surface area contributed by atoms with Crippen LogP contribution in [0.15, 0.2) is 53.4 Å². The van der Waals surface area contributed by atoms with Gasteiger partial charge in [-0.15, -0.1) is 0 Å². The SMILES string of the molecule is CC(=O)c1ccc(S(=O)(=O)N2CCCCC2C(=O)OCC(=O)N(C)Cc2ccc(F)cc2)cc1. The number of sulfonamides is 1. The molecule has 182 valence electrons. The third-order valence-corrected chi connectivity index (χ3v) is 7.61. The maximum absolute atomic E-state index is 13.2. The van der Waals surface area contributed by atoms with Crippen LogP contribution in [0.1, 0.15) is 42.1 Å². The van der Waals surface area contributed by atoms with Gasteiger partial charge >= 0.3 is 5.97 Å². The van der Waals surface area contributed by atoms with Crippen molar-refractivity contribution in [3.8, 4) is 0 Å². The first kappa shape index (κ1) is 25.5. The van der Waals surface area contributed by atoms with E-state index in [1.54, 1.807) is 12.1 Å². The first-order valence-electron chi connectivity index (χ1n) is 10.9. The monoisotopic (exact) mass is 490 g/mol. The van der Waals surface area contributed by atoms with Gasteiger partial charge in [0.15, 0.2) is 12.4 Å². The summed E-state index contributed by atoms with van der Waals surface area (Å²) in [7, 11) is -2.47. The number of halogens is 1. The number of carbonyl (C=O) groups excluding carboxylic acids is 3. The molecule has 0 N–H and O–H groups in total. The quantitative estimate of drug-likeness (QED) is 0.417. The number of hydrogen-bond acceptors (Lipinski definition) is 6. The van der Waals surface area contributed by atoms with E-state index in [0.29, 0.717) is 24.0 Å². The van der Waals surface area contributed by atoms with Gasteiger partial charge in [0, 0.05) is 25.7 Å². The molecule has 0 radical (unpaired) electrons. The van der Waals surface area contributed by atoms with E-state index >= 15 is 0 Å². The highest BCUT2D eigenvalue weighted by Gasteiger charge is 2.38. The van der Waals surface area contributed by atoms with Crippen LogP contribution in [-0.2, 0) is 30.9 Å². The molecule has 0 bridgehead atoms. The van der Waals surface area contributed by atoms with E-state index in [0.717, 1.165) is 4.31 Å². The zero-order valence-electron chi connectivity index (χ0n) is 19.1. The predicted molar refractivity (Wildman–Crippen MR) is 122 cm³/mol. The number of Topliss-reactive ketones (excluding diaryl/α,β-unsaturated/α-hetero) is 1. The van der Waals surface area contributed by atoms with Gasteiger partial charge in [-0.05, 0) is 56.0 Å². The molecule has 1 aliphatic rings. The number of likely N-dealkylation sites (N-methyl/N-ethyl adjacent to an activating group) is 1. The van der Waals surface area contributed by atoms with Crippen LogP contribution in [0.4, 0.5) is 4.39 Å². The van der Waals surface area contributed by atoms with Crippen LogP contribution in [0, 0.1) is 5.82 Å². The van der Waals surface area contributed by atoms with Crippen molar-refractivity contribution >= 4 is 27.7 Å². The molecule has 1 atom stereocenters. The third-order valence-electron chi connectivity index (χ3n) is 5.69. The molecule has 1 unspecified atom stereocenters. The van der Waals surface area contributed by atoms with Gasteiger partial charge < -0.3 is 9.64 Å². The summed E-state index contributed by atoms with van der Waals surface area (Å²) in [4.78, 5) is 38.0. The highest BCUT2D eigenvalue weighted by atomic mass is 32.2. The van der Waals surface area contributed by atoms with Crippen LogP contribution >= 0.6 is 0 Å². The minimum Gasteiger partial charge on any atom is -0.454 e. The molecule has 1 fully saturated rings.